The van der Waals surface area contributed by atoms with E-state index in [9.17, 15) is 9.59 Å². The predicted octanol–water partition coefficient (Wildman–Crippen LogP) is 1.34. The molecule has 0 spiro atoms. The van der Waals surface area contributed by atoms with Crippen molar-refractivity contribution < 1.29 is 24.6 Å². The molecule has 2 amide bonds. The van der Waals surface area contributed by atoms with Crippen LogP contribution in [0.3, 0.4) is 0 Å². The largest absolute Gasteiger partial charge is 0.491 e. The van der Waals surface area contributed by atoms with Crippen molar-refractivity contribution in [3.8, 4) is 5.75 Å². The monoisotopic (exact) mass is 369 g/mol. The van der Waals surface area contributed by atoms with Gasteiger partial charge in [0.25, 0.3) is 11.8 Å². The van der Waals surface area contributed by atoms with Crippen LogP contribution in [0.25, 0.3) is 6.08 Å². The van der Waals surface area contributed by atoms with Crippen LogP contribution in [0.1, 0.15) is 21.5 Å². The standard InChI is InChI=1S/C19H19N3O5/c23-10-11-27-17-7-4-15(5-8-17)13-20-21-19(25)16-3-1-2-14(12-16)6-9-18(24)22-26/h1-9,12-13,23,26H,10-11H2,(H,21,25)(H,22,24). The molecule has 0 unspecified atom stereocenters. The highest BCUT2D eigenvalue weighted by atomic mass is 16.5. The van der Waals surface area contributed by atoms with Crippen molar-refractivity contribution in [2.24, 2.45) is 5.10 Å². The molecule has 0 bridgehead atoms. The van der Waals surface area contributed by atoms with Crippen molar-refractivity contribution in [2.75, 3.05) is 13.2 Å². The lowest BCUT2D eigenvalue weighted by Crippen LogP contribution is -2.17. The van der Waals surface area contributed by atoms with E-state index in [-0.39, 0.29) is 13.2 Å². The number of hydroxylamine groups is 1. The van der Waals surface area contributed by atoms with Gasteiger partial charge in [0.1, 0.15) is 12.4 Å². The summed E-state index contributed by atoms with van der Waals surface area (Å²) in [6.45, 7) is 0.170. The van der Waals surface area contributed by atoms with Gasteiger partial charge in [0.15, 0.2) is 0 Å². The Labute approximate surface area is 155 Å². The number of aliphatic hydroxyl groups excluding tert-OH is 1. The second kappa shape index (κ2) is 10.5. The molecule has 0 saturated carbocycles. The number of benzene rings is 2. The van der Waals surface area contributed by atoms with Gasteiger partial charge in [0.2, 0.25) is 0 Å². The molecule has 0 fully saturated rings. The molecule has 8 nitrogen and oxygen atoms in total. The van der Waals surface area contributed by atoms with Gasteiger partial charge in [-0.3, -0.25) is 14.8 Å². The molecule has 4 N–H and O–H groups in total. The van der Waals surface area contributed by atoms with Crippen LogP contribution in [-0.4, -0.2) is 41.6 Å². The number of nitrogens with one attached hydrogen (secondary N) is 2. The lowest BCUT2D eigenvalue weighted by atomic mass is 10.1. The fourth-order valence-corrected chi connectivity index (χ4v) is 2.04. The average Bonchev–Trinajstić information content (AvgIpc) is 2.71. The highest BCUT2D eigenvalue weighted by Gasteiger charge is 2.04. The summed E-state index contributed by atoms with van der Waals surface area (Å²) in [5.74, 6) is -0.441. The molecule has 0 aliphatic carbocycles. The summed E-state index contributed by atoms with van der Waals surface area (Å²) in [5.41, 5.74) is 5.66. The third kappa shape index (κ3) is 6.73. The lowest BCUT2D eigenvalue weighted by molar-refractivity contribution is -0.124. The molecule has 0 aliphatic rings. The number of rotatable bonds is 8. The van der Waals surface area contributed by atoms with E-state index in [1.54, 1.807) is 48.5 Å². The number of amides is 2. The highest BCUT2D eigenvalue weighted by molar-refractivity contribution is 5.96. The Morgan fingerprint density at radius 1 is 1.11 bits per heavy atom. The van der Waals surface area contributed by atoms with E-state index < -0.39 is 11.8 Å². The minimum Gasteiger partial charge on any atom is -0.491 e. The zero-order valence-corrected chi connectivity index (χ0v) is 14.3. The maximum atomic E-state index is 12.1. The molecule has 2 aromatic rings. The van der Waals surface area contributed by atoms with E-state index in [1.807, 2.05) is 0 Å². The zero-order chi connectivity index (χ0) is 19.5. The second-order valence-corrected chi connectivity index (χ2v) is 5.28. The summed E-state index contributed by atoms with van der Waals surface area (Å²) in [6, 6.07) is 13.6. The number of nitrogens with zero attached hydrogens (tertiary/aromatic N) is 1. The van der Waals surface area contributed by atoms with Gasteiger partial charge in [-0.05, 0) is 53.6 Å². The molecule has 0 aromatic heterocycles. The summed E-state index contributed by atoms with van der Waals surface area (Å²) < 4.78 is 5.26. The number of carbonyl (C=O) groups excluding carboxylic acids is 2. The smallest absolute Gasteiger partial charge is 0.271 e. The Hall–Kier alpha value is -3.49. The van der Waals surface area contributed by atoms with Crippen molar-refractivity contribution in [3.05, 3.63) is 71.3 Å². The SMILES string of the molecule is O=C(C=Cc1cccc(C(=O)NN=Cc2ccc(OCCO)cc2)c1)NO. The van der Waals surface area contributed by atoms with E-state index >= 15 is 0 Å². The summed E-state index contributed by atoms with van der Waals surface area (Å²) in [6.07, 6.45) is 4.10. The van der Waals surface area contributed by atoms with Crippen LogP contribution in [0.4, 0.5) is 0 Å². The number of aliphatic hydroxyl groups is 1. The average molecular weight is 369 g/mol. The molecule has 0 aliphatic heterocycles. The fraction of sp³-hybridized carbons (Fsp3) is 0.105. The first-order chi connectivity index (χ1) is 13.1. The van der Waals surface area contributed by atoms with Crippen LogP contribution < -0.4 is 15.6 Å². The van der Waals surface area contributed by atoms with E-state index in [1.165, 1.54) is 17.8 Å². The molecule has 27 heavy (non-hydrogen) atoms. The van der Waals surface area contributed by atoms with Gasteiger partial charge in [-0.25, -0.2) is 10.9 Å². The molecule has 2 aromatic carbocycles. The minimum absolute atomic E-state index is 0.0547. The third-order valence-corrected chi connectivity index (χ3v) is 3.31. The van der Waals surface area contributed by atoms with Crippen molar-refractivity contribution >= 4 is 24.1 Å². The number of hydrazone groups is 1. The van der Waals surface area contributed by atoms with Crippen molar-refractivity contribution in [1.82, 2.24) is 10.9 Å². The van der Waals surface area contributed by atoms with Crippen molar-refractivity contribution in [2.45, 2.75) is 0 Å². The molecular formula is C19H19N3O5. The van der Waals surface area contributed by atoms with E-state index in [0.29, 0.717) is 16.9 Å². The molecule has 140 valence electrons. The first-order valence-electron chi connectivity index (χ1n) is 8.01. The van der Waals surface area contributed by atoms with E-state index in [2.05, 4.69) is 10.5 Å². The molecule has 0 saturated heterocycles. The number of hydrogen-bond acceptors (Lipinski definition) is 6. The second-order valence-electron chi connectivity index (χ2n) is 5.28. The predicted molar refractivity (Wildman–Crippen MR) is 99.5 cm³/mol. The Morgan fingerprint density at radius 3 is 2.59 bits per heavy atom. The maximum Gasteiger partial charge on any atom is 0.271 e. The minimum atomic E-state index is -0.665. The number of carbonyl (C=O) groups is 2. The molecule has 0 heterocycles. The van der Waals surface area contributed by atoms with Crippen LogP contribution in [0.2, 0.25) is 0 Å². The van der Waals surface area contributed by atoms with Crippen LogP contribution in [0.15, 0.2) is 59.7 Å². The molecular weight excluding hydrogens is 350 g/mol. The Morgan fingerprint density at radius 2 is 1.89 bits per heavy atom. The van der Waals surface area contributed by atoms with Crippen LogP contribution in [-0.2, 0) is 4.79 Å². The van der Waals surface area contributed by atoms with Gasteiger partial charge in [0.05, 0.1) is 12.8 Å². The van der Waals surface area contributed by atoms with Gasteiger partial charge in [-0.1, -0.05) is 12.1 Å². The van der Waals surface area contributed by atoms with Crippen LogP contribution >= 0.6 is 0 Å². The van der Waals surface area contributed by atoms with Gasteiger partial charge >= 0.3 is 0 Å². The Bertz CT molecular complexity index is 831. The third-order valence-electron chi connectivity index (χ3n) is 3.31. The fourth-order valence-electron chi connectivity index (χ4n) is 2.04. The summed E-state index contributed by atoms with van der Waals surface area (Å²) in [5, 5.41) is 21.1. The number of hydrogen-bond donors (Lipinski definition) is 4. The van der Waals surface area contributed by atoms with Crippen LogP contribution in [0.5, 0.6) is 5.75 Å². The van der Waals surface area contributed by atoms with Gasteiger partial charge in [0, 0.05) is 11.6 Å². The Balaban J connectivity index is 1.94. The summed E-state index contributed by atoms with van der Waals surface area (Å²) in [4.78, 5) is 23.1. The van der Waals surface area contributed by atoms with Gasteiger partial charge in [-0.2, -0.15) is 5.10 Å². The summed E-state index contributed by atoms with van der Waals surface area (Å²) >= 11 is 0. The first kappa shape index (κ1) is 19.8. The quantitative estimate of drug-likeness (QED) is 0.242. The molecule has 0 atom stereocenters. The van der Waals surface area contributed by atoms with Crippen LogP contribution in [0, 0.1) is 0 Å². The normalized spacial score (nSPS) is 10.9. The number of ether oxygens (including phenoxy) is 1. The molecule has 2 rings (SSSR count). The topological polar surface area (TPSA) is 120 Å². The summed E-state index contributed by atoms with van der Waals surface area (Å²) in [7, 11) is 0. The molecule has 8 heteroatoms. The van der Waals surface area contributed by atoms with Crippen molar-refractivity contribution in [1.29, 1.82) is 0 Å². The molecule has 0 radical (unpaired) electrons. The van der Waals surface area contributed by atoms with E-state index in [0.717, 1.165) is 11.6 Å². The zero-order valence-electron chi connectivity index (χ0n) is 14.3. The Kier molecular flexibility index (Phi) is 7.70. The lowest BCUT2D eigenvalue weighted by Gasteiger charge is -2.04. The maximum absolute atomic E-state index is 12.1. The van der Waals surface area contributed by atoms with Crippen molar-refractivity contribution in [3.63, 3.8) is 0 Å². The van der Waals surface area contributed by atoms with Gasteiger partial charge in [-0.15, -0.1) is 0 Å². The van der Waals surface area contributed by atoms with Gasteiger partial charge < -0.3 is 9.84 Å². The van der Waals surface area contributed by atoms with E-state index in [4.69, 9.17) is 15.1 Å². The highest BCUT2D eigenvalue weighted by Crippen LogP contribution is 2.11. The first-order valence-corrected chi connectivity index (χ1v) is 8.01.